The van der Waals surface area contributed by atoms with Crippen molar-refractivity contribution >= 4 is 21.0 Å². The maximum atomic E-state index is 10.8. The van der Waals surface area contributed by atoms with Gasteiger partial charge in [-0.3, -0.25) is 0 Å². The number of hydrogen-bond acceptors (Lipinski definition) is 3. The van der Waals surface area contributed by atoms with E-state index in [1.165, 1.54) is 0 Å². The summed E-state index contributed by atoms with van der Waals surface area (Å²) in [6, 6.07) is 9.31. The molecule has 0 aliphatic heterocycles. The average molecular weight is 246 g/mol. The van der Waals surface area contributed by atoms with Gasteiger partial charge in [-0.2, -0.15) is 0 Å². The van der Waals surface area contributed by atoms with Gasteiger partial charge in [-0.1, -0.05) is 30.3 Å². The molecule has 0 aliphatic carbocycles. The Morgan fingerprint density at radius 1 is 1.27 bits per heavy atom. The van der Waals surface area contributed by atoms with Gasteiger partial charge in [-0.25, -0.2) is 8.42 Å². The smallest absolute Gasteiger partial charge is 0.155 e. The van der Waals surface area contributed by atoms with Gasteiger partial charge in [0.15, 0.2) is 5.25 Å². The van der Waals surface area contributed by atoms with Gasteiger partial charge in [0.2, 0.25) is 0 Å². The molecule has 0 saturated carbocycles. The molecular formula is C10H14O3S2. The monoisotopic (exact) mass is 246 g/mol. The van der Waals surface area contributed by atoms with Crippen molar-refractivity contribution in [3.8, 4) is 0 Å². The molecule has 84 valence electrons. The summed E-state index contributed by atoms with van der Waals surface area (Å²) in [4.78, 5) is 0. The van der Waals surface area contributed by atoms with E-state index in [2.05, 4.69) is 0 Å². The Hall–Kier alpha value is -0.520. The molecule has 15 heavy (non-hydrogen) atoms. The molecule has 3 nitrogen and oxygen atoms in total. The first-order chi connectivity index (χ1) is 6.90. The fourth-order valence-corrected chi connectivity index (χ4v) is 4.21. The molecule has 0 aromatic heterocycles. The zero-order valence-electron chi connectivity index (χ0n) is 8.71. The SMILES string of the molecule is C[S+](C)[C@@H](CS(=O)(=O)[O-])c1ccccc1. The minimum atomic E-state index is -4.16. The van der Waals surface area contributed by atoms with Crippen molar-refractivity contribution in [2.24, 2.45) is 0 Å². The van der Waals surface area contributed by atoms with Crippen LogP contribution in [0.1, 0.15) is 10.8 Å². The maximum Gasteiger partial charge on any atom is 0.155 e. The van der Waals surface area contributed by atoms with E-state index in [9.17, 15) is 13.0 Å². The Balaban J connectivity index is 2.95. The predicted octanol–water partition coefficient (Wildman–Crippen LogP) is 1.15. The largest absolute Gasteiger partial charge is 0.748 e. The number of rotatable bonds is 4. The summed E-state index contributed by atoms with van der Waals surface area (Å²) in [5.41, 5.74) is 0.922. The van der Waals surface area contributed by atoms with Crippen LogP contribution in [0.15, 0.2) is 30.3 Å². The van der Waals surface area contributed by atoms with Crippen molar-refractivity contribution in [2.45, 2.75) is 5.25 Å². The van der Waals surface area contributed by atoms with E-state index in [0.717, 1.165) is 5.56 Å². The van der Waals surface area contributed by atoms with Crippen molar-refractivity contribution in [3.05, 3.63) is 35.9 Å². The molecule has 1 aromatic rings. The molecule has 0 fully saturated rings. The lowest BCUT2D eigenvalue weighted by atomic mass is 10.2. The van der Waals surface area contributed by atoms with E-state index in [1.54, 1.807) is 0 Å². The molecule has 0 heterocycles. The van der Waals surface area contributed by atoms with Gasteiger partial charge in [-0.05, 0) is 10.9 Å². The summed E-state index contributed by atoms with van der Waals surface area (Å²) in [7, 11) is -4.29. The third-order valence-corrected chi connectivity index (χ3v) is 4.63. The Bertz CT molecular complexity index is 398. The molecular weight excluding hydrogens is 232 g/mol. The van der Waals surface area contributed by atoms with Crippen molar-refractivity contribution in [2.75, 3.05) is 18.3 Å². The molecule has 0 spiro atoms. The summed E-state index contributed by atoms with van der Waals surface area (Å²) in [5.74, 6) is -0.312. The summed E-state index contributed by atoms with van der Waals surface area (Å²) in [5, 5.41) is -0.186. The molecule has 0 saturated heterocycles. The van der Waals surface area contributed by atoms with E-state index in [-0.39, 0.29) is 21.9 Å². The molecule has 0 unspecified atom stereocenters. The van der Waals surface area contributed by atoms with Crippen LogP contribution in [0.2, 0.25) is 0 Å². The highest BCUT2D eigenvalue weighted by atomic mass is 32.2. The molecule has 0 aliphatic rings. The lowest BCUT2D eigenvalue weighted by Gasteiger charge is -2.16. The topological polar surface area (TPSA) is 57.2 Å². The summed E-state index contributed by atoms with van der Waals surface area (Å²) < 4.78 is 32.3. The van der Waals surface area contributed by atoms with Gasteiger partial charge < -0.3 is 4.55 Å². The van der Waals surface area contributed by atoms with Crippen molar-refractivity contribution in [1.82, 2.24) is 0 Å². The standard InChI is InChI=1S/C10H14O3S2/c1-14(2)10(8-15(11,12)13)9-6-4-3-5-7-9/h3-7,10H,8H2,1-2H3/t10-/m0/s1. The van der Waals surface area contributed by atoms with Gasteiger partial charge in [0.25, 0.3) is 0 Å². The molecule has 0 N–H and O–H groups in total. The van der Waals surface area contributed by atoms with Gasteiger partial charge in [0.05, 0.1) is 28.4 Å². The number of benzene rings is 1. The second-order valence-corrected chi connectivity index (χ2v) is 7.28. The minimum absolute atomic E-state index is 0.130. The highest BCUT2D eigenvalue weighted by Crippen LogP contribution is 2.23. The van der Waals surface area contributed by atoms with Crippen LogP contribution in [0, 0.1) is 0 Å². The van der Waals surface area contributed by atoms with E-state index < -0.39 is 10.1 Å². The van der Waals surface area contributed by atoms with Gasteiger partial charge in [0.1, 0.15) is 0 Å². The fourth-order valence-electron chi connectivity index (χ4n) is 1.36. The van der Waals surface area contributed by atoms with Gasteiger partial charge in [0, 0.05) is 5.56 Å². The molecule has 5 heteroatoms. The number of hydrogen-bond donors (Lipinski definition) is 0. The molecule has 0 bridgehead atoms. The molecule has 0 amide bonds. The van der Waals surface area contributed by atoms with Crippen LogP contribution < -0.4 is 0 Å². The normalized spacial score (nSPS) is 14.1. The van der Waals surface area contributed by atoms with Crippen molar-refractivity contribution in [3.63, 3.8) is 0 Å². The summed E-state index contributed by atoms with van der Waals surface area (Å²) in [6.45, 7) is 0. The lowest BCUT2D eigenvalue weighted by molar-refractivity contribution is 0.462. The zero-order chi connectivity index (χ0) is 11.5. The first kappa shape index (κ1) is 12.5. The first-order valence-corrected chi connectivity index (χ1v) is 8.13. The minimum Gasteiger partial charge on any atom is -0.748 e. The maximum absolute atomic E-state index is 10.8. The second kappa shape index (κ2) is 5.01. The van der Waals surface area contributed by atoms with Gasteiger partial charge >= 0.3 is 0 Å². The highest BCUT2D eigenvalue weighted by Gasteiger charge is 2.25. The van der Waals surface area contributed by atoms with Crippen LogP contribution in [0.3, 0.4) is 0 Å². The Kier molecular flexibility index (Phi) is 4.19. The first-order valence-electron chi connectivity index (χ1n) is 4.45. The lowest BCUT2D eigenvalue weighted by Crippen LogP contribution is -2.20. The molecule has 0 radical (unpaired) electrons. The Morgan fingerprint density at radius 2 is 1.80 bits per heavy atom. The summed E-state index contributed by atoms with van der Waals surface area (Å²) in [6.07, 6.45) is 3.89. The average Bonchev–Trinajstić information content (AvgIpc) is 2.14. The molecule has 1 rings (SSSR count). The van der Waals surface area contributed by atoms with E-state index >= 15 is 0 Å². The third-order valence-electron chi connectivity index (χ3n) is 2.10. The summed E-state index contributed by atoms with van der Waals surface area (Å²) >= 11 is 0. The van der Waals surface area contributed by atoms with Crippen molar-refractivity contribution in [1.29, 1.82) is 0 Å². The van der Waals surface area contributed by atoms with Crippen LogP contribution in [-0.4, -0.2) is 31.2 Å². The van der Waals surface area contributed by atoms with E-state index in [4.69, 9.17) is 0 Å². The van der Waals surface area contributed by atoms with Crippen molar-refractivity contribution < 1.29 is 13.0 Å². The third kappa shape index (κ3) is 4.24. The molecule has 1 aromatic carbocycles. The van der Waals surface area contributed by atoms with E-state index in [0.29, 0.717) is 0 Å². The molecule has 1 atom stereocenters. The fraction of sp³-hybridized carbons (Fsp3) is 0.400. The van der Waals surface area contributed by atoms with Crippen LogP contribution >= 0.6 is 0 Å². The van der Waals surface area contributed by atoms with Crippen LogP contribution in [0.25, 0.3) is 0 Å². The van der Waals surface area contributed by atoms with Crippen LogP contribution in [0.4, 0.5) is 0 Å². The quantitative estimate of drug-likeness (QED) is 0.591. The highest BCUT2D eigenvalue weighted by molar-refractivity contribution is 7.97. The van der Waals surface area contributed by atoms with E-state index in [1.807, 2.05) is 42.8 Å². The van der Waals surface area contributed by atoms with Crippen LogP contribution in [-0.2, 0) is 21.0 Å². The zero-order valence-corrected chi connectivity index (χ0v) is 10.3. The van der Waals surface area contributed by atoms with Gasteiger partial charge in [-0.15, -0.1) is 0 Å². The van der Waals surface area contributed by atoms with Crippen LogP contribution in [0.5, 0.6) is 0 Å². The Labute approximate surface area is 93.6 Å². The Morgan fingerprint density at radius 3 is 2.20 bits per heavy atom. The predicted molar refractivity (Wildman–Crippen MR) is 63.0 cm³/mol. The second-order valence-electron chi connectivity index (χ2n) is 3.50.